The van der Waals surface area contributed by atoms with Gasteiger partial charge < -0.3 is 18.8 Å². The zero-order valence-electron chi connectivity index (χ0n) is 18.6. The van der Waals surface area contributed by atoms with Crippen LogP contribution in [0.1, 0.15) is 32.3 Å². The number of carbonyl (C=O) groups excluding carboxylic acids is 1. The number of methoxy groups -OCH3 is 2. The number of fused-ring (bicyclic) bond motifs is 2. The average Bonchev–Trinajstić information content (AvgIpc) is 3.43. The van der Waals surface area contributed by atoms with Crippen LogP contribution in [0.25, 0.3) is 11.0 Å². The molecule has 7 nitrogen and oxygen atoms in total. The lowest BCUT2D eigenvalue weighted by atomic mass is 9.98. The molecule has 0 unspecified atom stereocenters. The lowest BCUT2D eigenvalue weighted by molar-refractivity contribution is 0.0703. The number of ether oxygens (including phenoxy) is 2. The second-order valence-electron chi connectivity index (χ2n) is 7.73. The van der Waals surface area contributed by atoms with Gasteiger partial charge in [-0.2, -0.15) is 0 Å². The van der Waals surface area contributed by atoms with E-state index in [1.807, 2.05) is 48.2 Å². The van der Waals surface area contributed by atoms with Crippen molar-refractivity contribution in [3.05, 3.63) is 63.9 Å². The minimum absolute atomic E-state index is 0.101. The number of amides is 1. The van der Waals surface area contributed by atoms with E-state index in [2.05, 4.69) is 10.2 Å². The van der Waals surface area contributed by atoms with Gasteiger partial charge in [0.1, 0.15) is 10.6 Å². The van der Waals surface area contributed by atoms with Crippen LogP contribution in [0.3, 0.4) is 0 Å². The summed E-state index contributed by atoms with van der Waals surface area (Å²) >= 11 is 3.12. The van der Waals surface area contributed by atoms with E-state index in [9.17, 15) is 4.79 Å². The molecular formula is C24H23N3O4S2. The van der Waals surface area contributed by atoms with Gasteiger partial charge in [-0.05, 0) is 42.7 Å². The van der Waals surface area contributed by atoms with Gasteiger partial charge in [-0.15, -0.1) is 10.2 Å². The van der Waals surface area contributed by atoms with E-state index in [1.54, 1.807) is 37.3 Å². The quantitative estimate of drug-likeness (QED) is 0.355. The van der Waals surface area contributed by atoms with Crippen LogP contribution in [0.15, 0.2) is 45.2 Å². The molecule has 0 radical (unpaired) electrons. The predicted octanol–water partition coefficient (Wildman–Crippen LogP) is 5.10. The number of aromatic nitrogens is 2. The Morgan fingerprint density at radius 3 is 2.64 bits per heavy atom. The summed E-state index contributed by atoms with van der Waals surface area (Å²) in [6, 6.07) is 11.7. The largest absolute Gasteiger partial charge is 0.493 e. The summed E-state index contributed by atoms with van der Waals surface area (Å²) in [5.74, 6) is 2.25. The molecule has 0 atom stereocenters. The zero-order valence-corrected chi connectivity index (χ0v) is 20.2. The first-order valence-electron chi connectivity index (χ1n) is 10.5. The topological polar surface area (TPSA) is 77.7 Å². The molecule has 0 fully saturated rings. The Bertz CT molecular complexity index is 1330. The standard InChI is InChI=1S/C24H23N3O4S2/c1-14-25-26-24(33-14)32-13-18-17-6-4-5-7-19(17)31-22(18)23(28)27-9-8-15-10-20(29-2)21(30-3)11-16(15)12-27/h4-7,10-11H,8-9,12-13H2,1-3H3. The van der Waals surface area contributed by atoms with Crippen molar-refractivity contribution < 1.29 is 18.7 Å². The van der Waals surface area contributed by atoms with Crippen LogP contribution in [-0.2, 0) is 18.7 Å². The highest BCUT2D eigenvalue weighted by Gasteiger charge is 2.29. The number of aryl methyl sites for hydroxylation is 1. The molecule has 9 heteroatoms. The Balaban J connectivity index is 1.45. The molecule has 2 aromatic carbocycles. The molecule has 4 aromatic rings. The first kappa shape index (κ1) is 21.8. The number of rotatable bonds is 6. The van der Waals surface area contributed by atoms with Crippen LogP contribution in [0.5, 0.6) is 11.5 Å². The van der Waals surface area contributed by atoms with E-state index in [0.717, 1.165) is 32.3 Å². The van der Waals surface area contributed by atoms with Gasteiger partial charge in [0, 0.05) is 29.8 Å². The third kappa shape index (κ3) is 4.18. The van der Waals surface area contributed by atoms with E-state index >= 15 is 0 Å². The van der Waals surface area contributed by atoms with Gasteiger partial charge in [-0.3, -0.25) is 4.79 Å². The minimum atomic E-state index is -0.101. The second kappa shape index (κ2) is 9.07. The summed E-state index contributed by atoms with van der Waals surface area (Å²) < 4.78 is 17.9. The maximum atomic E-state index is 13.6. The minimum Gasteiger partial charge on any atom is -0.493 e. The molecular weight excluding hydrogens is 458 g/mol. The van der Waals surface area contributed by atoms with Gasteiger partial charge in [-0.1, -0.05) is 41.3 Å². The van der Waals surface area contributed by atoms with Crippen LogP contribution in [0.2, 0.25) is 0 Å². The summed E-state index contributed by atoms with van der Waals surface area (Å²) in [5, 5.41) is 10.2. The molecule has 3 heterocycles. The Labute approximate surface area is 199 Å². The maximum absolute atomic E-state index is 13.6. The maximum Gasteiger partial charge on any atom is 0.290 e. The highest BCUT2D eigenvalue weighted by molar-refractivity contribution is 8.00. The molecule has 0 bridgehead atoms. The summed E-state index contributed by atoms with van der Waals surface area (Å²) in [5.41, 5.74) is 3.84. The number of para-hydroxylation sites is 1. The Morgan fingerprint density at radius 1 is 1.15 bits per heavy atom. The summed E-state index contributed by atoms with van der Waals surface area (Å²) in [6.45, 7) is 3.04. The van der Waals surface area contributed by atoms with Crippen LogP contribution in [0, 0.1) is 6.92 Å². The van der Waals surface area contributed by atoms with Crippen molar-refractivity contribution in [1.82, 2.24) is 15.1 Å². The zero-order chi connectivity index (χ0) is 22.9. The average molecular weight is 482 g/mol. The normalized spacial score (nSPS) is 13.2. The monoisotopic (exact) mass is 481 g/mol. The molecule has 0 spiro atoms. The molecule has 1 aliphatic heterocycles. The van der Waals surface area contributed by atoms with Gasteiger partial charge in [-0.25, -0.2) is 0 Å². The van der Waals surface area contributed by atoms with E-state index in [1.165, 1.54) is 5.56 Å². The van der Waals surface area contributed by atoms with Gasteiger partial charge in [0.15, 0.2) is 21.6 Å². The predicted molar refractivity (Wildman–Crippen MR) is 128 cm³/mol. The number of carbonyl (C=O) groups is 1. The van der Waals surface area contributed by atoms with E-state index in [4.69, 9.17) is 13.9 Å². The first-order valence-corrected chi connectivity index (χ1v) is 12.3. The Kier molecular flexibility index (Phi) is 5.99. The van der Waals surface area contributed by atoms with Gasteiger partial charge in [0.05, 0.1) is 14.2 Å². The van der Waals surface area contributed by atoms with E-state index in [0.29, 0.717) is 41.7 Å². The van der Waals surface area contributed by atoms with Crippen molar-refractivity contribution in [2.24, 2.45) is 0 Å². The number of furan rings is 1. The van der Waals surface area contributed by atoms with Gasteiger partial charge >= 0.3 is 0 Å². The Morgan fingerprint density at radius 2 is 1.91 bits per heavy atom. The van der Waals surface area contributed by atoms with Crippen molar-refractivity contribution in [1.29, 1.82) is 0 Å². The molecule has 0 N–H and O–H groups in total. The van der Waals surface area contributed by atoms with E-state index < -0.39 is 0 Å². The molecule has 2 aromatic heterocycles. The lowest BCUT2D eigenvalue weighted by Gasteiger charge is -2.29. The molecule has 33 heavy (non-hydrogen) atoms. The smallest absolute Gasteiger partial charge is 0.290 e. The van der Waals surface area contributed by atoms with Crippen LogP contribution < -0.4 is 9.47 Å². The molecule has 5 rings (SSSR count). The fourth-order valence-corrected chi connectivity index (χ4v) is 5.93. The molecule has 0 saturated carbocycles. The third-order valence-electron chi connectivity index (χ3n) is 5.75. The van der Waals surface area contributed by atoms with Crippen LogP contribution in [-0.4, -0.2) is 41.8 Å². The first-order chi connectivity index (χ1) is 16.1. The van der Waals surface area contributed by atoms with Crippen molar-refractivity contribution in [2.45, 2.75) is 30.0 Å². The summed E-state index contributed by atoms with van der Waals surface area (Å²) in [7, 11) is 3.25. The number of hydrogen-bond acceptors (Lipinski definition) is 8. The molecule has 170 valence electrons. The molecule has 0 aliphatic carbocycles. The fraction of sp³-hybridized carbons (Fsp3) is 0.292. The fourth-order valence-electron chi connectivity index (χ4n) is 4.09. The molecule has 1 amide bonds. The lowest BCUT2D eigenvalue weighted by Crippen LogP contribution is -2.36. The highest BCUT2D eigenvalue weighted by atomic mass is 32.2. The summed E-state index contributed by atoms with van der Waals surface area (Å²) in [4.78, 5) is 15.5. The summed E-state index contributed by atoms with van der Waals surface area (Å²) in [6.07, 6.45) is 0.746. The van der Waals surface area contributed by atoms with Crippen molar-refractivity contribution >= 4 is 40.0 Å². The SMILES string of the molecule is COc1cc2c(cc1OC)CN(C(=O)c1oc3ccccc3c1CSc1nnc(C)s1)CC2. The van der Waals surface area contributed by atoms with Crippen molar-refractivity contribution in [2.75, 3.05) is 20.8 Å². The van der Waals surface area contributed by atoms with E-state index in [-0.39, 0.29) is 5.91 Å². The van der Waals surface area contributed by atoms with Crippen LogP contribution >= 0.6 is 23.1 Å². The highest BCUT2D eigenvalue weighted by Crippen LogP contribution is 2.36. The number of thioether (sulfide) groups is 1. The third-order valence-corrected chi connectivity index (χ3v) is 7.74. The number of nitrogens with zero attached hydrogens (tertiary/aromatic N) is 3. The molecule has 0 saturated heterocycles. The van der Waals surface area contributed by atoms with Crippen LogP contribution in [0.4, 0.5) is 0 Å². The number of benzene rings is 2. The van der Waals surface area contributed by atoms with Gasteiger partial charge in [0.2, 0.25) is 0 Å². The molecule has 1 aliphatic rings. The second-order valence-corrected chi connectivity index (χ2v) is 10.1. The number of hydrogen-bond donors (Lipinski definition) is 0. The Hall–Kier alpha value is -3.04. The van der Waals surface area contributed by atoms with Gasteiger partial charge in [0.25, 0.3) is 5.91 Å². The van der Waals surface area contributed by atoms with Crippen molar-refractivity contribution in [3.63, 3.8) is 0 Å². The van der Waals surface area contributed by atoms with Crippen molar-refractivity contribution in [3.8, 4) is 11.5 Å².